The van der Waals surface area contributed by atoms with E-state index in [1.807, 2.05) is 0 Å². The number of rotatable bonds is 9. The van der Waals surface area contributed by atoms with Crippen LogP contribution in [0.2, 0.25) is 0 Å². The molecule has 10 nitrogen and oxygen atoms in total. The molecule has 0 saturated heterocycles. The molecule has 0 bridgehead atoms. The Morgan fingerprint density at radius 2 is 2.04 bits per heavy atom. The van der Waals surface area contributed by atoms with Crippen molar-refractivity contribution in [2.75, 3.05) is 6.54 Å². The van der Waals surface area contributed by atoms with Crippen LogP contribution in [0, 0.1) is 0 Å². The zero-order chi connectivity index (χ0) is 18.2. The molecule has 3 N–H and O–H groups in total. The number of carbonyl (C=O) groups excluding carboxylic acids is 3. The van der Waals surface area contributed by atoms with Gasteiger partial charge in [0.15, 0.2) is 6.29 Å². The summed E-state index contributed by atoms with van der Waals surface area (Å²) in [5.74, 6) is -1.19. The van der Waals surface area contributed by atoms with Crippen molar-refractivity contribution in [3.63, 3.8) is 0 Å². The highest BCUT2D eigenvalue weighted by Crippen LogP contribution is 2.00. The number of pyridine rings is 1. The summed E-state index contributed by atoms with van der Waals surface area (Å²) in [5, 5.41) is 9.78. The van der Waals surface area contributed by atoms with Crippen molar-refractivity contribution in [2.45, 2.75) is 25.9 Å². The Hall–Kier alpha value is -3.30. The van der Waals surface area contributed by atoms with Crippen molar-refractivity contribution in [3.8, 4) is 0 Å². The SMILES string of the molecule is NC(=O)CNC(=O)c1ccn(CCCCn2cc(C=O)nn2)c(=O)c1. The zero-order valence-electron chi connectivity index (χ0n) is 13.4. The van der Waals surface area contributed by atoms with Crippen LogP contribution in [-0.4, -0.2) is 44.2 Å². The smallest absolute Gasteiger partial charge is 0.251 e. The van der Waals surface area contributed by atoms with Gasteiger partial charge in [-0.2, -0.15) is 0 Å². The van der Waals surface area contributed by atoms with Gasteiger partial charge in [0.05, 0.1) is 12.7 Å². The van der Waals surface area contributed by atoms with E-state index in [1.54, 1.807) is 10.9 Å². The molecule has 2 heterocycles. The standard InChI is InChI=1S/C15H18N6O4/c16-13(23)8-17-15(25)11-3-6-20(14(24)7-11)4-1-2-5-21-9-12(10-22)18-19-21/h3,6-7,9-10H,1-2,4-5,8H2,(H2,16,23)(H,17,25). The van der Waals surface area contributed by atoms with Crippen LogP contribution in [0.4, 0.5) is 0 Å². The van der Waals surface area contributed by atoms with Gasteiger partial charge in [-0.25, -0.2) is 0 Å². The predicted molar refractivity (Wildman–Crippen MR) is 86.9 cm³/mol. The van der Waals surface area contributed by atoms with Crippen LogP contribution < -0.4 is 16.6 Å². The minimum atomic E-state index is -0.658. The molecule has 0 aliphatic heterocycles. The monoisotopic (exact) mass is 346 g/mol. The van der Waals surface area contributed by atoms with Crippen LogP contribution >= 0.6 is 0 Å². The quantitative estimate of drug-likeness (QED) is 0.438. The van der Waals surface area contributed by atoms with Crippen LogP contribution in [0.5, 0.6) is 0 Å². The Morgan fingerprint density at radius 1 is 1.28 bits per heavy atom. The van der Waals surface area contributed by atoms with E-state index in [0.29, 0.717) is 25.8 Å². The molecule has 0 saturated carbocycles. The number of hydrogen-bond donors (Lipinski definition) is 2. The molecule has 25 heavy (non-hydrogen) atoms. The van der Waals surface area contributed by atoms with Crippen LogP contribution in [0.3, 0.4) is 0 Å². The molecular formula is C15H18N6O4. The number of carbonyl (C=O) groups is 3. The molecule has 0 spiro atoms. The van der Waals surface area contributed by atoms with Crippen LogP contribution in [0.25, 0.3) is 0 Å². The summed E-state index contributed by atoms with van der Waals surface area (Å²) in [6.45, 7) is 0.788. The first-order valence-corrected chi connectivity index (χ1v) is 7.62. The van der Waals surface area contributed by atoms with Gasteiger partial charge in [-0.3, -0.25) is 23.9 Å². The van der Waals surface area contributed by atoms with Crippen molar-refractivity contribution in [1.29, 1.82) is 0 Å². The number of hydrogen-bond acceptors (Lipinski definition) is 6. The second-order valence-electron chi connectivity index (χ2n) is 5.33. The maximum atomic E-state index is 12.0. The molecule has 2 amide bonds. The van der Waals surface area contributed by atoms with Crippen molar-refractivity contribution in [2.24, 2.45) is 5.73 Å². The van der Waals surface area contributed by atoms with Crippen molar-refractivity contribution in [1.82, 2.24) is 24.9 Å². The van der Waals surface area contributed by atoms with E-state index in [4.69, 9.17) is 5.73 Å². The highest BCUT2D eigenvalue weighted by molar-refractivity contribution is 5.96. The first kappa shape index (κ1) is 18.0. The highest BCUT2D eigenvalue weighted by Gasteiger charge is 2.08. The van der Waals surface area contributed by atoms with E-state index >= 15 is 0 Å². The molecular weight excluding hydrogens is 328 g/mol. The Balaban J connectivity index is 1.84. The third-order valence-corrected chi connectivity index (χ3v) is 3.39. The summed E-state index contributed by atoms with van der Waals surface area (Å²) in [5.41, 5.74) is 5.09. The largest absolute Gasteiger partial charge is 0.368 e. The summed E-state index contributed by atoms with van der Waals surface area (Å²) >= 11 is 0. The van der Waals surface area contributed by atoms with Crippen molar-refractivity contribution in [3.05, 3.63) is 46.1 Å². The van der Waals surface area contributed by atoms with E-state index in [1.165, 1.54) is 22.9 Å². The summed E-state index contributed by atoms with van der Waals surface area (Å²) in [6, 6.07) is 2.72. The van der Waals surface area contributed by atoms with Crippen molar-refractivity contribution < 1.29 is 14.4 Å². The van der Waals surface area contributed by atoms with Crippen LogP contribution in [0.15, 0.2) is 29.3 Å². The lowest BCUT2D eigenvalue weighted by atomic mass is 10.2. The van der Waals surface area contributed by atoms with Crippen LogP contribution in [0.1, 0.15) is 33.7 Å². The molecule has 0 aromatic carbocycles. The number of aldehydes is 1. The molecule has 0 fully saturated rings. The van der Waals surface area contributed by atoms with Gasteiger partial charge < -0.3 is 15.6 Å². The lowest BCUT2D eigenvalue weighted by molar-refractivity contribution is -0.117. The maximum Gasteiger partial charge on any atom is 0.251 e. The van der Waals surface area contributed by atoms with Gasteiger partial charge in [-0.05, 0) is 18.9 Å². The Morgan fingerprint density at radius 3 is 2.68 bits per heavy atom. The van der Waals surface area contributed by atoms with Gasteiger partial charge in [-0.1, -0.05) is 5.21 Å². The minimum Gasteiger partial charge on any atom is -0.368 e. The number of amides is 2. The Labute approximate surface area is 142 Å². The van der Waals surface area contributed by atoms with E-state index < -0.39 is 11.8 Å². The Kier molecular flexibility index (Phi) is 6.15. The minimum absolute atomic E-state index is 0.173. The molecule has 10 heteroatoms. The Bertz CT molecular complexity index is 825. The number of nitrogens with two attached hydrogens (primary N) is 1. The summed E-state index contributed by atoms with van der Waals surface area (Å²) < 4.78 is 3.06. The average Bonchev–Trinajstić information content (AvgIpc) is 3.05. The zero-order valence-corrected chi connectivity index (χ0v) is 13.4. The van der Waals surface area contributed by atoms with E-state index in [0.717, 1.165) is 6.42 Å². The lowest BCUT2D eigenvalue weighted by Gasteiger charge is -2.07. The molecule has 132 valence electrons. The average molecular weight is 346 g/mol. The number of nitrogens with one attached hydrogen (secondary N) is 1. The molecule has 0 radical (unpaired) electrons. The fourth-order valence-electron chi connectivity index (χ4n) is 2.14. The van der Waals surface area contributed by atoms with E-state index in [-0.39, 0.29) is 23.4 Å². The fraction of sp³-hybridized carbons (Fsp3) is 0.333. The van der Waals surface area contributed by atoms with Gasteiger partial charge in [0.2, 0.25) is 5.91 Å². The molecule has 0 aliphatic carbocycles. The summed E-state index contributed by atoms with van der Waals surface area (Å²) in [4.78, 5) is 44.9. The van der Waals surface area contributed by atoms with Crippen molar-refractivity contribution >= 4 is 18.1 Å². The maximum absolute atomic E-state index is 12.0. The topological polar surface area (TPSA) is 142 Å². The molecule has 0 aliphatic rings. The summed E-state index contributed by atoms with van der Waals surface area (Å²) in [7, 11) is 0. The van der Waals surface area contributed by atoms with Gasteiger partial charge in [-0.15, -0.1) is 5.10 Å². The first-order chi connectivity index (χ1) is 12.0. The number of aromatic nitrogens is 4. The number of primary amides is 1. The third-order valence-electron chi connectivity index (χ3n) is 3.39. The fourth-order valence-corrected chi connectivity index (χ4v) is 2.14. The van der Waals surface area contributed by atoms with Gasteiger partial charge in [0.1, 0.15) is 5.69 Å². The second kappa shape index (κ2) is 8.52. The third kappa shape index (κ3) is 5.37. The lowest BCUT2D eigenvalue weighted by Crippen LogP contribution is -2.34. The van der Waals surface area contributed by atoms with Crippen LogP contribution in [-0.2, 0) is 17.9 Å². The number of nitrogens with zero attached hydrogens (tertiary/aromatic N) is 4. The molecule has 0 unspecified atom stereocenters. The predicted octanol–water partition coefficient (Wildman–Crippen LogP) is -1.05. The normalized spacial score (nSPS) is 10.4. The second-order valence-corrected chi connectivity index (χ2v) is 5.33. The molecule has 2 rings (SSSR count). The summed E-state index contributed by atoms with van der Waals surface area (Å²) in [6.07, 6.45) is 5.17. The molecule has 2 aromatic rings. The molecule has 0 atom stereocenters. The van der Waals surface area contributed by atoms with E-state index in [9.17, 15) is 19.2 Å². The number of unbranched alkanes of at least 4 members (excludes halogenated alkanes) is 1. The van der Waals surface area contributed by atoms with Gasteiger partial charge in [0.25, 0.3) is 11.5 Å². The number of aryl methyl sites for hydroxylation is 2. The highest BCUT2D eigenvalue weighted by atomic mass is 16.2. The molecule has 2 aromatic heterocycles. The van der Waals surface area contributed by atoms with Gasteiger partial charge >= 0.3 is 0 Å². The first-order valence-electron chi connectivity index (χ1n) is 7.62. The van der Waals surface area contributed by atoms with E-state index in [2.05, 4.69) is 15.6 Å². The van der Waals surface area contributed by atoms with Gasteiger partial charge in [0, 0.05) is 30.9 Å².